The molecule has 31 heavy (non-hydrogen) atoms. The smallest absolute Gasteiger partial charge is 0.260 e. The number of hydrogen-bond acceptors (Lipinski definition) is 6. The molecule has 4 heterocycles. The van der Waals surface area contributed by atoms with Crippen LogP contribution in [0.5, 0.6) is 0 Å². The number of nitrogens with one attached hydrogen (secondary N) is 1. The van der Waals surface area contributed by atoms with Gasteiger partial charge in [-0.15, -0.1) is 0 Å². The zero-order chi connectivity index (χ0) is 21.2. The summed E-state index contributed by atoms with van der Waals surface area (Å²) in [6.07, 6.45) is 4.51. The minimum absolute atomic E-state index is 0.172. The number of H-pyrrole nitrogens is 1. The molecule has 0 amide bonds. The van der Waals surface area contributed by atoms with Gasteiger partial charge < -0.3 is 9.51 Å². The Kier molecular flexibility index (Phi) is 4.68. The van der Waals surface area contributed by atoms with Crippen LogP contribution in [0.3, 0.4) is 0 Å². The minimum Gasteiger partial charge on any atom is -0.364 e. The molecule has 0 atom stereocenters. The summed E-state index contributed by atoms with van der Waals surface area (Å²) in [5, 5.41) is 8.50. The highest BCUT2D eigenvalue weighted by molar-refractivity contribution is 5.64. The molecule has 0 bridgehead atoms. The standard InChI is InChI=1S/C22H15FN6O2/c23-16-6-2-1-5-14(16)13-29-20(18-8-10-31-28-18)11-19(27-29)21-25-12-15(22(30)26-21)17-7-3-4-9-24-17/h1-12H,13H2,(H,25,26,30). The molecule has 152 valence electrons. The molecule has 0 saturated carbocycles. The third-order valence-electron chi connectivity index (χ3n) is 4.74. The van der Waals surface area contributed by atoms with Crippen LogP contribution in [0, 0.1) is 5.82 Å². The van der Waals surface area contributed by atoms with Gasteiger partial charge in [-0.25, -0.2) is 9.37 Å². The van der Waals surface area contributed by atoms with Crippen molar-refractivity contribution in [2.75, 3.05) is 0 Å². The van der Waals surface area contributed by atoms with E-state index in [-0.39, 0.29) is 23.7 Å². The number of aromatic amines is 1. The van der Waals surface area contributed by atoms with E-state index < -0.39 is 0 Å². The average molecular weight is 414 g/mol. The van der Waals surface area contributed by atoms with E-state index in [1.807, 2.05) is 0 Å². The molecule has 0 aliphatic carbocycles. The second-order valence-electron chi connectivity index (χ2n) is 6.74. The van der Waals surface area contributed by atoms with E-state index in [0.29, 0.717) is 33.9 Å². The van der Waals surface area contributed by atoms with Crippen LogP contribution < -0.4 is 5.56 Å². The van der Waals surface area contributed by atoms with Crippen molar-refractivity contribution < 1.29 is 8.91 Å². The van der Waals surface area contributed by atoms with Crippen molar-refractivity contribution in [3.63, 3.8) is 0 Å². The predicted molar refractivity (Wildman–Crippen MR) is 110 cm³/mol. The molecule has 0 spiro atoms. The molecule has 0 saturated heterocycles. The van der Waals surface area contributed by atoms with Crippen LogP contribution in [0.4, 0.5) is 4.39 Å². The van der Waals surface area contributed by atoms with Gasteiger partial charge in [-0.2, -0.15) is 5.10 Å². The third-order valence-corrected chi connectivity index (χ3v) is 4.74. The zero-order valence-electron chi connectivity index (χ0n) is 16.1. The van der Waals surface area contributed by atoms with Crippen LogP contribution in [-0.2, 0) is 6.54 Å². The van der Waals surface area contributed by atoms with E-state index in [9.17, 15) is 9.18 Å². The number of halogens is 1. The maximum atomic E-state index is 14.2. The maximum Gasteiger partial charge on any atom is 0.260 e. The third kappa shape index (κ3) is 3.64. The SMILES string of the molecule is O=c1[nH]c(-c2cc(-c3ccon3)n(Cc3ccccc3F)n2)ncc1-c1ccccn1. The predicted octanol–water partition coefficient (Wildman–Crippen LogP) is 3.54. The number of nitrogens with zero attached hydrogens (tertiary/aromatic N) is 5. The summed E-state index contributed by atoms with van der Waals surface area (Å²) < 4.78 is 20.7. The molecule has 1 N–H and O–H groups in total. The molecule has 4 aromatic heterocycles. The van der Waals surface area contributed by atoms with Gasteiger partial charge in [0, 0.05) is 24.0 Å². The summed E-state index contributed by atoms with van der Waals surface area (Å²) in [6, 6.07) is 15.2. The van der Waals surface area contributed by atoms with E-state index in [2.05, 4.69) is 25.2 Å². The van der Waals surface area contributed by atoms with Crippen molar-refractivity contribution in [1.29, 1.82) is 0 Å². The van der Waals surface area contributed by atoms with Crippen molar-refractivity contribution in [2.45, 2.75) is 6.54 Å². The largest absolute Gasteiger partial charge is 0.364 e. The van der Waals surface area contributed by atoms with Crippen LogP contribution in [0.2, 0.25) is 0 Å². The van der Waals surface area contributed by atoms with Crippen LogP contribution >= 0.6 is 0 Å². The second-order valence-corrected chi connectivity index (χ2v) is 6.74. The van der Waals surface area contributed by atoms with E-state index >= 15 is 0 Å². The lowest BCUT2D eigenvalue weighted by Gasteiger charge is -2.06. The molecule has 5 aromatic rings. The van der Waals surface area contributed by atoms with Gasteiger partial charge >= 0.3 is 0 Å². The summed E-state index contributed by atoms with van der Waals surface area (Å²) in [4.78, 5) is 23.9. The van der Waals surface area contributed by atoms with Gasteiger partial charge in [-0.05, 0) is 24.3 Å². The number of rotatable bonds is 5. The molecular formula is C22H15FN6O2. The molecule has 9 heteroatoms. The van der Waals surface area contributed by atoms with Crippen molar-refractivity contribution in [3.05, 3.63) is 95.0 Å². The average Bonchev–Trinajstić information content (AvgIpc) is 3.46. The molecule has 0 unspecified atom stereocenters. The lowest BCUT2D eigenvalue weighted by Crippen LogP contribution is -2.12. The number of benzene rings is 1. The topological polar surface area (TPSA) is 102 Å². The minimum atomic E-state index is -0.338. The fourth-order valence-electron chi connectivity index (χ4n) is 3.22. The first-order valence-electron chi connectivity index (χ1n) is 9.42. The summed E-state index contributed by atoms with van der Waals surface area (Å²) >= 11 is 0. The Morgan fingerprint density at radius 3 is 2.61 bits per heavy atom. The molecule has 1 aromatic carbocycles. The van der Waals surface area contributed by atoms with Gasteiger partial charge in [0.15, 0.2) is 5.82 Å². The van der Waals surface area contributed by atoms with Crippen LogP contribution in [-0.4, -0.2) is 29.9 Å². The first kappa shape index (κ1) is 18.6. The van der Waals surface area contributed by atoms with Crippen molar-refractivity contribution >= 4 is 0 Å². The fraction of sp³-hybridized carbons (Fsp3) is 0.0455. The number of aromatic nitrogens is 6. The Balaban J connectivity index is 1.57. The molecule has 5 rings (SSSR count). The molecule has 0 aliphatic heterocycles. The Bertz CT molecular complexity index is 1390. The number of hydrogen-bond donors (Lipinski definition) is 1. The highest BCUT2D eigenvalue weighted by atomic mass is 19.1. The van der Waals surface area contributed by atoms with E-state index in [1.54, 1.807) is 59.4 Å². The number of pyridine rings is 1. The van der Waals surface area contributed by atoms with Gasteiger partial charge in [0.05, 0.1) is 23.5 Å². The van der Waals surface area contributed by atoms with Gasteiger partial charge in [0.25, 0.3) is 5.56 Å². The molecule has 0 radical (unpaired) electrons. The zero-order valence-corrected chi connectivity index (χ0v) is 16.1. The fourth-order valence-corrected chi connectivity index (χ4v) is 3.22. The van der Waals surface area contributed by atoms with E-state index in [0.717, 1.165) is 0 Å². The highest BCUT2D eigenvalue weighted by Crippen LogP contribution is 2.25. The molecule has 8 nitrogen and oxygen atoms in total. The van der Waals surface area contributed by atoms with Gasteiger partial charge in [-0.3, -0.25) is 14.5 Å². The van der Waals surface area contributed by atoms with Crippen LogP contribution in [0.15, 0.2) is 82.6 Å². The second kappa shape index (κ2) is 7.79. The summed E-state index contributed by atoms with van der Waals surface area (Å²) in [7, 11) is 0. The monoisotopic (exact) mass is 414 g/mol. The molecular weight excluding hydrogens is 399 g/mol. The van der Waals surface area contributed by atoms with E-state index in [1.165, 1.54) is 18.5 Å². The van der Waals surface area contributed by atoms with E-state index in [4.69, 9.17) is 4.52 Å². The lowest BCUT2D eigenvalue weighted by molar-refractivity contribution is 0.421. The van der Waals surface area contributed by atoms with Gasteiger partial charge in [0.2, 0.25) is 0 Å². The van der Waals surface area contributed by atoms with Crippen molar-refractivity contribution in [3.8, 4) is 34.2 Å². The molecule has 0 aliphatic rings. The first-order valence-corrected chi connectivity index (χ1v) is 9.42. The molecule has 0 fully saturated rings. The quantitative estimate of drug-likeness (QED) is 0.472. The maximum absolute atomic E-state index is 14.2. The van der Waals surface area contributed by atoms with Crippen LogP contribution in [0.1, 0.15) is 5.56 Å². The Labute approximate surface area is 175 Å². The van der Waals surface area contributed by atoms with Crippen molar-refractivity contribution in [1.82, 2.24) is 29.9 Å². The summed E-state index contributed by atoms with van der Waals surface area (Å²) in [6.45, 7) is 0.172. The lowest BCUT2D eigenvalue weighted by atomic mass is 10.2. The Morgan fingerprint density at radius 2 is 1.87 bits per heavy atom. The normalized spacial score (nSPS) is 11.0. The summed E-state index contributed by atoms with van der Waals surface area (Å²) in [5.74, 6) is -0.0568. The Hall–Kier alpha value is -4.40. The first-order chi connectivity index (χ1) is 15.2. The van der Waals surface area contributed by atoms with Crippen LogP contribution in [0.25, 0.3) is 34.2 Å². The Morgan fingerprint density at radius 1 is 1.00 bits per heavy atom. The van der Waals surface area contributed by atoms with Gasteiger partial charge in [-0.1, -0.05) is 29.4 Å². The van der Waals surface area contributed by atoms with Crippen molar-refractivity contribution in [2.24, 2.45) is 0 Å². The highest BCUT2D eigenvalue weighted by Gasteiger charge is 2.17. The van der Waals surface area contributed by atoms with Gasteiger partial charge in [0.1, 0.15) is 23.5 Å². The summed E-state index contributed by atoms with van der Waals surface area (Å²) in [5.41, 5.74) is 2.55.